The molecule has 7 heterocycles. The largest absolute Gasteiger partial charge is 0.479 e. The van der Waals surface area contributed by atoms with Crippen LogP contribution in [0.2, 0.25) is 0 Å². The first kappa shape index (κ1) is 107. The molecular weight excluding hydrogens is 1880 g/mol. The van der Waals surface area contributed by atoms with Gasteiger partial charge in [0.1, 0.15) is 61.3 Å². The number of halogens is 2. The van der Waals surface area contributed by atoms with Crippen molar-refractivity contribution in [2.45, 2.75) is 195 Å². The summed E-state index contributed by atoms with van der Waals surface area (Å²) in [5.41, 5.74) is -0.0959. The summed E-state index contributed by atoms with van der Waals surface area (Å²) in [4.78, 5) is 151. The third-order valence-electron chi connectivity index (χ3n) is 25.0. The first-order valence-electron chi connectivity index (χ1n) is 46.3. The number of nitrogens with zero attached hydrogens (tertiary/aromatic N) is 2. The molecule has 12 atom stereocenters. The molecule has 44 nitrogen and oxygen atoms in total. The highest BCUT2D eigenvalue weighted by atomic mass is 79.9. The zero-order valence-corrected chi connectivity index (χ0v) is 78.7. The quantitative estimate of drug-likeness (QED) is 0.0131. The topological polar surface area (TPSA) is 569 Å². The van der Waals surface area contributed by atoms with Crippen molar-refractivity contribution in [3.05, 3.63) is 91.0 Å². The number of methoxy groups -OCH3 is 1. The number of aromatic nitrogens is 2. The van der Waals surface area contributed by atoms with Crippen LogP contribution < -0.4 is 52.8 Å². The monoisotopic (exact) mass is 2000 g/mol. The van der Waals surface area contributed by atoms with Gasteiger partial charge in [-0.3, -0.25) is 38.4 Å². The van der Waals surface area contributed by atoms with Gasteiger partial charge in [0.25, 0.3) is 5.56 Å². The fraction of sp³-hybridized carbons (Fsp3) is 0.670. The van der Waals surface area contributed by atoms with Gasteiger partial charge in [-0.15, -0.1) is 0 Å². The van der Waals surface area contributed by atoms with Crippen molar-refractivity contribution in [2.75, 3.05) is 191 Å². The Morgan fingerprint density at radius 3 is 1.75 bits per heavy atom. The van der Waals surface area contributed by atoms with Gasteiger partial charge in [0.05, 0.1) is 223 Å². The highest BCUT2D eigenvalue weighted by Gasteiger charge is 2.72. The summed E-state index contributed by atoms with van der Waals surface area (Å²) in [6.45, 7) is 11.8. The molecule has 13 rings (SSSR count). The van der Waals surface area contributed by atoms with Crippen LogP contribution in [-0.2, 0) is 162 Å². The number of alkyl halides is 1. The zero-order valence-electron chi connectivity index (χ0n) is 77.1. The number of aliphatic hydroxyl groups excluding tert-OH is 3. The maximum absolute atomic E-state index is 15.7. The minimum absolute atomic E-state index is 0.0176. The number of pyridine rings is 2. The van der Waals surface area contributed by atoms with E-state index in [0.717, 1.165) is 5.56 Å². The van der Waals surface area contributed by atoms with Crippen molar-refractivity contribution >= 4 is 86.2 Å². The molecule has 4 aliphatic carbocycles. The Morgan fingerprint density at radius 2 is 1.19 bits per heavy atom. The third kappa shape index (κ3) is 28.6. The maximum Gasteiger partial charge on any atom is 0.407 e. The zero-order chi connectivity index (χ0) is 97.6. The number of rotatable bonds is 62. The van der Waals surface area contributed by atoms with Crippen molar-refractivity contribution in [2.24, 2.45) is 5.41 Å². The van der Waals surface area contributed by atoms with Crippen LogP contribution in [0.4, 0.5) is 9.18 Å². The Kier molecular flexibility index (Phi) is 40.7. The number of cyclic esters (lactones) is 1. The van der Waals surface area contributed by atoms with Crippen molar-refractivity contribution in [1.29, 1.82) is 0 Å². The maximum atomic E-state index is 15.7. The summed E-state index contributed by atoms with van der Waals surface area (Å²) in [6, 6.07) is 4.23. The van der Waals surface area contributed by atoms with E-state index in [-0.39, 0.29) is 182 Å². The Hall–Kier alpha value is -9.25. The lowest BCUT2D eigenvalue weighted by Crippen LogP contribution is -2.78. The number of benzene rings is 2. The van der Waals surface area contributed by atoms with Crippen molar-refractivity contribution in [3.63, 3.8) is 0 Å². The molecule has 0 radical (unpaired) electrons. The highest BCUT2D eigenvalue weighted by Crippen LogP contribution is 2.67. The number of alkyl carbamates (subject to hydrolysis) is 1. The number of carboxylic acid groups (broad SMARTS) is 1. The Morgan fingerprint density at radius 1 is 0.635 bits per heavy atom. The van der Waals surface area contributed by atoms with Crippen LogP contribution in [0.1, 0.15) is 128 Å². The lowest BCUT2D eigenvalue weighted by molar-refractivity contribution is -0.271. The van der Waals surface area contributed by atoms with Gasteiger partial charge in [-0.05, 0) is 98.7 Å². The molecule has 2 aromatic heterocycles. The first-order valence-corrected chi connectivity index (χ1v) is 47.4. The minimum atomic E-state index is -2.09. The Labute approximate surface area is 797 Å². The standard InChI is InChI=1S/C91H126BrFN10O34/c1-4-91(119)59-41-66-75-57(45-103(66)83(113)58(59)47-134-87(91)117)74-61(10-9-56-53(2)60(93)42-63(100-75)73(56)74)101-86(116)89-50-90(51-89,52-89)102-88(118)135-46-54-8-11-67(136-85-78(111)76(109)77(110)81(137-85)84(114)115)55(40-54)44-96-68(104)12-16-95-82(112)62(97-70(106)13-15-94-72(108)43-92)6-5-7-69(105)98-64-48-132-80-65(49-133-79(64)80)99-71(107)14-17-121-20-21-123-24-25-125-28-29-127-32-33-129-36-37-131-39-38-130-35-34-128-31-30-126-27-26-124-23-22-122-19-18-120-3/h8,11,40-42,61-62,64-65,76-81,85,109-111,119H,4-7,9-10,12-39,43-52H2,1-3H3,(H,94,108)(H,95,112)(H,96,104)(H,97,106)(H,98,105)(H,99,107)(H,101,116)(H,102,118)(H,114,115)/t61-,62-,64-,65-,76-,77-,78+,79+,80+,81-,85+,89?,90?,91-/m0/s1. The number of aliphatic hydroxyl groups is 4. The van der Waals surface area contributed by atoms with Crippen LogP contribution in [0.15, 0.2) is 35.1 Å². The highest BCUT2D eigenvalue weighted by molar-refractivity contribution is 9.09. The van der Waals surface area contributed by atoms with E-state index >= 15 is 4.39 Å². The van der Waals surface area contributed by atoms with Crippen molar-refractivity contribution in [3.8, 4) is 17.1 Å². The molecule has 9 aliphatic rings. The van der Waals surface area contributed by atoms with Crippen LogP contribution in [0.5, 0.6) is 5.75 Å². The Bertz CT molecular complexity index is 4850. The molecule has 2 bridgehead atoms. The molecule has 0 unspecified atom stereocenters. The van der Waals surface area contributed by atoms with Gasteiger partial charge in [0, 0.05) is 86.1 Å². The normalized spacial score (nSPS) is 23.7. The smallest absolute Gasteiger partial charge is 0.407 e. The average molecular weight is 2000 g/mol. The number of carbonyl (C=O) groups excluding carboxylic acids is 9. The van der Waals surface area contributed by atoms with Gasteiger partial charge in [0.2, 0.25) is 47.6 Å². The molecule has 758 valence electrons. The molecule has 3 saturated carbocycles. The molecule has 0 spiro atoms. The van der Waals surface area contributed by atoms with E-state index in [4.69, 9.17) is 90.2 Å². The Balaban J connectivity index is 0.528. The number of hydrogen-bond donors (Lipinski definition) is 13. The fourth-order valence-corrected chi connectivity index (χ4v) is 18.0. The van der Waals surface area contributed by atoms with Crippen LogP contribution in [-0.4, -0.2) is 352 Å². The number of ether oxygens (including phenoxy) is 18. The molecule has 3 saturated heterocycles. The summed E-state index contributed by atoms with van der Waals surface area (Å²) in [5.74, 6) is -6.50. The second-order valence-electron chi connectivity index (χ2n) is 34.5. The molecule has 46 heteroatoms. The van der Waals surface area contributed by atoms with E-state index in [9.17, 15) is 78.3 Å². The average Bonchev–Trinajstić information content (AvgIpc) is 0.862. The number of aryl methyl sites for hydroxylation is 1. The van der Waals surface area contributed by atoms with Crippen LogP contribution in [0.25, 0.3) is 22.3 Å². The number of carboxylic acids is 1. The lowest BCUT2D eigenvalue weighted by atomic mass is 9.39. The number of nitrogens with one attached hydrogen (secondary N) is 8. The molecule has 6 fully saturated rings. The fourth-order valence-electron chi connectivity index (χ4n) is 17.8. The molecule has 2 aromatic carbocycles. The summed E-state index contributed by atoms with van der Waals surface area (Å²) in [5, 5.41) is 76.5. The van der Waals surface area contributed by atoms with E-state index in [1.54, 1.807) is 27.0 Å². The van der Waals surface area contributed by atoms with Crippen molar-refractivity contribution < 1.29 is 163 Å². The number of esters is 1. The molecular formula is C91H126BrFN10O34. The third-order valence-corrected chi connectivity index (χ3v) is 25.5. The van der Waals surface area contributed by atoms with E-state index in [1.165, 1.54) is 28.8 Å². The minimum Gasteiger partial charge on any atom is -0.479 e. The van der Waals surface area contributed by atoms with Crippen LogP contribution in [0, 0.1) is 18.2 Å². The molecule has 13 N–H and O–H groups in total. The predicted octanol–water partition coefficient (Wildman–Crippen LogP) is -0.584. The SMILES string of the molecule is CC[C@@]1(O)C(=O)OCc2c1cc1n(c2=O)Cc2c-1nc1cc(F)c(C)c3c1c2[C@@H](NC(=O)C12CC(NC(=O)OCc4ccc(O[C@@H]5O[C@H](C(=O)O)[C@@H](O)[C@H](O)[C@H]5O)c(CNC(=O)CCNC(=O)[C@H](CCCC(=O)N[C@H]5CO[C@H]6[C@@H]5OC[C@@H]6NC(=O)CCOCCOCCOCCOCCOCCOCCOCCOCCOCCOCCOCCOC)NC(=O)CCNC(=O)CBr)c4)(C1)C2)CC3. The second-order valence-corrected chi connectivity index (χ2v) is 35.0. The van der Waals surface area contributed by atoms with E-state index < -0.39 is 137 Å². The van der Waals surface area contributed by atoms with Gasteiger partial charge in [-0.25, -0.2) is 23.8 Å². The molecule has 8 amide bonds. The first-order chi connectivity index (χ1) is 66.2. The summed E-state index contributed by atoms with van der Waals surface area (Å²) >= 11 is 3.05. The summed E-state index contributed by atoms with van der Waals surface area (Å²) < 4.78 is 117. The predicted molar refractivity (Wildman–Crippen MR) is 478 cm³/mol. The number of fused-ring (bicyclic) bond motifs is 6. The van der Waals surface area contributed by atoms with Crippen LogP contribution >= 0.6 is 15.9 Å². The van der Waals surface area contributed by atoms with Gasteiger partial charge < -0.3 is 158 Å². The number of amides is 8. The van der Waals surface area contributed by atoms with Gasteiger partial charge in [-0.1, -0.05) is 28.9 Å². The van der Waals surface area contributed by atoms with E-state index in [1.807, 2.05) is 0 Å². The van der Waals surface area contributed by atoms with Gasteiger partial charge >= 0.3 is 18.0 Å². The lowest BCUT2D eigenvalue weighted by Gasteiger charge is -2.68. The van der Waals surface area contributed by atoms with Crippen molar-refractivity contribution in [1.82, 2.24) is 52.1 Å². The molecule has 137 heavy (non-hydrogen) atoms. The van der Waals surface area contributed by atoms with E-state index in [2.05, 4.69) is 58.5 Å². The van der Waals surface area contributed by atoms with Gasteiger partial charge in [-0.2, -0.15) is 0 Å². The van der Waals surface area contributed by atoms with Gasteiger partial charge in [0.15, 0.2) is 11.7 Å². The second kappa shape index (κ2) is 52.3. The number of hydrogen-bond acceptors (Lipinski definition) is 34. The van der Waals surface area contributed by atoms with E-state index in [0.29, 0.717) is 190 Å². The summed E-state index contributed by atoms with van der Waals surface area (Å²) in [6.07, 6.45) is -11.1. The number of aliphatic carboxylic acids is 1. The summed E-state index contributed by atoms with van der Waals surface area (Å²) in [7, 11) is 1.63. The van der Waals surface area contributed by atoms with Crippen LogP contribution in [0.3, 0.4) is 0 Å². The molecule has 5 aliphatic heterocycles. The number of carbonyl (C=O) groups is 10. The molecule has 4 aromatic rings.